The number of alkyl carbamates (subject to hydrolysis) is 1. The van der Waals surface area contributed by atoms with Gasteiger partial charge >= 0.3 is 12.1 Å². The summed E-state index contributed by atoms with van der Waals surface area (Å²) in [7, 11) is 0. The Morgan fingerprint density at radius 3 is 1.98 bits per heavy atom. The van der Waals surface area contributed by atoms with Gasteiger partial charge in [-0.1, -0.05) is 26.0 Å². The molecule has 0 aromatic heterocycles. The summed E-state index contributed by atoms with van der Waals surface area (Å²) >= 11 is 0. The highest BCUT2D eigenvalue weighted by molar-refractivity contribution is 6.12. The quantitative estimate of drug-likeness (QED) is 0.0653. The van der Waals surface area contributed by atoms with E-state index in [0.29, 0.717) is 17.7 Å². The Morgan fingerprint density at radius 2 is 1.42 bits per heavy atom. The molecule has 1 aromatic rings. The fourth-order valence-electron chi connectivity index (χ4n) is 4.22. The van der Waals surface area contributed by atoms with Crippen LogP contribution in [0.4, 0.5) is 15.3 Å². The summed E-state index contributed by atoms with van der Waals surface area (Å²) in [6.45, 7) is 4.89. The number of imide groups is 1. The molecule has 1 aliphatic heterocycles. The van der Waals surface area contributed by atoms with Gasteiger partial charge in [0.25, 0.3) is 11.8 Å². The lowest BCUT2D eigenvalue weighted by Crippen LogP contribution is -2.54. The molecular formula is C31H46N6O11. The van der Waals surface area contributed by atoms with E-state index in [2.05, 4.69) is 21.3 Å². The fourth-order valence-corrected chi connectivity index (χ4v) is 4.22. The monoisotopic (exact) mass is 678 g/mol. The number of anilines is 1. The van der Waals surface area contributed by atoms with Gasteiger partial charge < -0.3 is 51.1 Å². The van der Waals surface area contributed by atoms with Crippen molar-refractivity contribution in [1.29, 1.82) is 0 Å². The van der Waals surface area contributed by atoms with Crippen molar-refractivity contribution in [2.75, 3.05) is 64.7 Å². The normalized spacial score (nSPS) is 13.7. The van der Waals surface area contributed by atoms with Crippen LogP contribution in [0.15, 0.2) is 36.4 Å². The van der Waals surface area contributed by atoms with Gasteiger partial charge in [-0.3, -0.25) is 24.1 Å². The molecular weight excluding hydrogens is 632 g/mol. The molecule has 1 aliphatic rings. The maximum Gasteiger partial charge on any atom is 0.407 e. The summed E-state index contributed by atoms with van der Waals surface area (Å²) in [5.41, 5.74) is 6.22. The van der Waals surface area contributed by atoms with Gasteiger partial charge in [-0.15, -0.1) is 0 Å². The number of aliphatic hydroxyl groups is 1. The minimum absolute atomic E-state index is 0.0820. The second-order valence-electron chi connectivity index (χ2n) is 10.8. The Kier molecular flexibility index (Phi) is 18.2. The van der Waals surface area contributed by atoms with Crippen LogP contribution in [0.5, 0.6) is 0 Å². The summed E-state index contributed by atoms with van der Waals surface area (Å²) < 4.78 is 21.2. The molecule has 0 aliphatic carbocycles. The van der Waals surface area contributed by atoms with Crippen molar-refractivity contribution in [3.8, 4) is 0 Å². The fraction of sp³-hybridized carbons (Fsp3) is 0.548. The van der Waals surface area contributed by atoms with E-state index in [4.69, 9.17) is 24.7 Å². The van der Waals surface area contributed by atoms with Crippen molar-refractivity contribution in [2.45, 2.75) is 45.4 Å². The number of ether oxygens (including phenoxy) is 4. The molecule has 2 atom stereocenters. The lowest BCUT2D eigenvalue weighted by Gasteiger charge is -2.25. The summed E-state index contributed by atoms with van der Waals surface area (Å²) in [6, 6.07) is 3.79. The molecule has 0 saturated heterocycles. The molecule has 17 heteroatoms. The first kappa shape index (κ1) is 39.6. The van der Waals surface area contributed by atoms with Crippen LogP contribution in [0.1, 0.15) is 32.3 Å². The van der Waals surface area contributed by atoms with Crippen LogP contribution < -0.4 is 27.0 Å². The van der Waals surface area contributed by atoms with Crippen LogP contribution in [-0.2, 0) is 44.7 Å². The molecule has 48 heavy (non-hydrogen) atoms. The standard InChI is InChI=1S/C31H46N6O11/c1-21(2)27(29(42)35-24(4-3-11-33-30(32)43)28(41)34-23-7-5-22(20-38)6-8-23)36-31(44)48-19-18-47-17-16-46-15-14-45-13-12-37-25(39)9-10-26(37)40/h5-10,21,24,27,38H,3-4,11-20H2,1-2H3,(H,34,41)(H,35,42)(H,36,44)(H3,32,33,43)/t24-,27-/m1/s1. The molecule has 0 radical (unpaired) electrons. The first-order valence-corrected chi connectivity index (χ1v) is 15.6. The van der Waals surface area contributed by atoms with Crippen molar-refractivity contribution in [3.63, 3.8) is 0 Å². The number of carbonyl (C=O) groups excluding carboxylic acids is 6. The van der Waals surface area contributed by atoms with Crippen molar-refractivity contribution >= 4 is 41.4 Å². The molecule has 7 N–H and O–H groups in total. The second kappa shape index (κ2) is 22.1. The molecule has 1 heterocycles. The number of benzene rings is 1. The Bertz CT molecular complexity index is 1220. The summed E-state index contributed by atoms with van der Waals surface area (Å²) in [6.07, 6.45) is 2.08. The zero-order chi connectivity index (χ0) is 35.3. The largest absolute Gasteiger partial charge is 0.447 e. The Morgan fingerprint density at radius 1 is 0.833 bits per heavy atom. The van der Waals surface area contributed by atoms with Gasteiger partial charge in [0.1, 0.15) is 18.7 Å². The van der Waals surface area contributed by atoms with Crippen LogP contribution in [-0.4, -0.2) is 117 Å². The predicted molar refractivity (Wildman–Crippen MR) is 171 cm³/mol. The predicted octanol–water partition coefficient (Wildman–Crippen LogP) is -0.224. The first-order valence-electron chi connectivity index (χ1n) is 15.6. The number of hydrogen-bond donors (Lipinski definition) is 6. The summed E-state index contributed by atoms with van der Waals surface area (Å²) in [4.78, 5) is 73.7. The minimum Gasteiger partial charge on any atom is -0.447 e. The molecule has 0 spiro atoms. The summed E-state index contributed by atoms with van der Waals surface area (Å²) in [5, 5.41) is 19.6. The van der Waals surface area contributed by atoms with E-state index in [-0.39, 0.29) is 90.1 Å². The van der Waals surface area contributed by atoms with Crippen LogP contribution in [0.25, 0.3) is 0 Å². The van der Waals surface area contributed by atoms with E-state index in [0.717, 1.165) is 4.90 Å². The van der Waals surface area contributed by atoms with Gasteiger partial charge in [0, 0.05) is 24.4 Å². The number of aliphatic hydroxyl groups excluding tert-OH is 1. The highest BCUT2D eigenvalue weighted by atomic mass is 16.6. The first-order chi connectivity index (χ1) is 23.0. The smallest absolute Gasteiger partial charge is 0.407 e. The van der Waals surface area contributed by atoms with E-state index in [1.807, 2.05) is 0 Å². The zero-order valence-electron chi connectivity index (χ0n) is 27.2. The average molecular weight is 679 g/mol. The van der Waals surface area contributed by atoms with Crippen LogP contribution in [0.2, 0.25) is 0 Å². The molecule has 2 rings (SSSR count). The highest BCUT2D eigenvalue weighted by Gasteiger charge is 2.29. The molecule has 17 nitrogen and oxygen atoms in total. The number of nitrogens with one attached hydrogen (secondary N) is 4. The van der Waals surface area contributed by atoms with Gasteiger partial charge in [0.2, 0.25) is 11.8 Å². The van der Waals surface area contributed by atoms with Crippen molar-refractivity contribution in [1.82, 2.24) is 20.9 Å². The van der Waals surface area contributed by atoms with Crippen LogP contribution in [0, 0.1) is 5.92 Å². The van der Waals surface area contributed by atoms with E-state index in [1.54, 1.807) is 38.1 Å². The number of rotatable bonds is 23. The third-order valence-electron chi connectivity index (χ3n) is 6.79. The molecule has 7 amide bonds. The zero-order valence-corrected chi connectivity index (χ0v) is 27.2. The van der Waals surface area contributed by atoms with Crippen LogP contribution in [0.3, 0.4) is 0 Å². The van der Waals surface area contributed by atoms with Gasteiger partial charge in [-0.05, 0) is 36.5 Å². The number of hydrogen-bond acceptors (Lipinski definition) is 11. The number of amides is 7. The maximum atomic E-state index is 13.2. The lowest BCUT2D eigenvalue weighted by atomic mass is 10.0. The van der Waals surface area contributed by atoms with Crippen molar-refractivity contribution < 1.29 is 52.8 Å². The molecule has 0 fully saturated rings. The van der Waals surface area contributed by atoms with E-state index in [1.165, 1.54) is 12.2 Å². The molecule has 0 saturated carbocycles. The number of primary amides is 1. The second-order valence-corrected chi connectivity index (χ2v) is 10.8. The number of nitrogens with zero attached hydrogens (tertiary/aromatic N) is 1. The molecule has 266 valence electrons. The van der Waals surface area contributed by atoms with Gasteiger partial charge in [-0.2, -0.15) is 0 Å². The Balaban J connectivity index is 1.69. The third-order valence-corrected chi connectivity index (χ3v) is 6.79. The minimum atomic E-state index is -1.02. The maximum absolute atomic E-state index is 13.2. The Hall–Kier alpha value is -4.58. The Labute approximate surface area is 278 Å². The topological polar surface area (TPSA) is 237 Å². The molecule has 0 bridgehead atoms. The number of carbonyl (C=O) groups is 6. The average Bonchev–Trinajstić information content (AvgIpc) is 3.37. The van der Waals surface area contributed by atoms with Crippen molar-refractivity contribution in [2.24, 2.45) is 11.7 Å². The van der Waals surface area contributed by atoms with Gasteiger partial charge in [0.15, 0.2) is 0 Å². The molecule has 0 unspecified atom stereocenters. The van der Waals surface area contributed by atoms with E-state index < -0.39 is 36.0 Å². The van der Waals surface area contributed by atoms with Gasteiger partial charge in [-0.25, -0.2) is 9.59 Å². The SMILES string of the molecule is CC(C)[C@@H](NC(=O)OCCOCCOCCOCCN1C(=O)C=CC1=O)C(=O)N[C@H](CCCNC(N)=O)C(=O)Nc1ccc(CO)cc1. The van der Waals surface area contributed by atoms with E-state index >= 15 is 0 Å². The molecule has 1 aromatic carbocycles. The lowest BCUT2D eigenvalue weighted by molar-refractivity contribution is -0.137. The summed E-state index contributed by atoms with van der Waals surface area (Å²) in [5.74, 6) is -2.19. The number of urea groups is 1. The third kappa shape index (κ3) is 15.3. The number of nitrogens with two attached hydrogens (primary N) is 1. The van der Waals surface area contributed by atoms with Crippen molar-refractivity contribution in [3.05, 3.63) is 42.0 Å². The highest BCUT2D eigenvalue weighted by Crippen LogP contribution is 2.12. The van der Waals surface area contributed by atoms with Crippen LogP contribution >= 0.6 is 0 Å². The van der Waals surface area contributed by atoms with E-state index in [9.17, 15) is 33.9 Å². The van der Waals surface area contributed by atoms with Gasteiger partial charge in [0.05, 0.1) is 52.8 Å².